The highest BCUT2D eigenvalue weighted by Gasteiger charge is 2.08. The molecule has 0 bridgehead atoms. The summed E-state index contributed by atoms with van der Waals surface area (Å²) in [4.78, 5) is 11.5. The van der Waals surface area contributed by atoms with Crippen molar-refractivity contribution in [3.05, 3.63) is 28.8 Å². The molecule has 108 valence electrons. The highest BCUT2D eigenvalue weighted by atomic mass is 16.5. The van der Waals surface area contributed by atoms with Gasteiger partial charge in [-0.3, -0.25) is 4.79 Å². The smallest absolute Gasteiger partial charge is 0.257 e. The Kier molecular flexibility index (Phi) is 6.54. The Bertz CT molecular complexity index is 483. The number of amides is 1. The zero-order chi connectivity index (χ0) is 15.0. The number of carbonyl (C=O) groups is 1. The molecule has 0 saturated heterocycles. The van der Waals surface area contributed by atoms with E-state index in [4.69, 9.17) is 15.7 Å². The van der Waals surface area contributed by atoms with E-state index in [1.807, 2.05) is 32.0 Å². The second-order valence-corrected chi connectivity index (χ2v) is 4.64. The maximum absolute atomic E-state index is 11.5. The predicted octanol–water partition coefficient (Wildman–Crippen LogP) is 1.21. The lowest BCUT2D eigenvalue weighted by molar-refractivity contribution is -0.123. The van der Waals surface area contributed by atoms with Gasteiger partial charge in [-0.25, -0.2) is 0 Å². The maximum atomic E-state index is 11.5. The van der Waals surface area contributed by atoms with E-state index in [9.17, 15) is 4.79 Å². The third kappa shape index (κ3) is 4.90. The van der Waals surface area contributed by atoms with E-state index >= 15 is 0 Å². The van der Waals surface area contributed by atoms with Crippen molar-refractivity contribution >= 4 is 5.91 Å². The SMILES string of the molecule is Cc1cc(CCN)cc(C)c1OCC(=O)NCCC#N. The van der Waals surface area contributed by atoms with E-state index in [-0.39, 0.29) is 12.5 Å². The van der Waals surface area contributed by atoms with Crippen LogP contribution in [0.2, 0.25) is 0 Å². The fourth-order valence-corrected chi connectivity index (χ4v) is 2.03. The van der Waals surface area contributed by atoms with E-state index in [1.54, 1.807) is 0 Å². The first-order chi connectivity index (χ1) is 9.58. The van der Waals surface area contributed by atoms with Gasteiger partial charge in [0.25, 0.3) is 5.91 Å². The van der Waals surface area contributed by atoms with Crippen LogP contribution in [0.4, 0.5) is 0 Å². The normalized spacial score (nSPS) is 9.90. The molecular weight excluding hydrogens is 254 g/mol. The van der Waals surface area contributed by atoms with E-state index < -0.39 is 0 Å². The molecule has 1 amide bonds. The molecule has 5 heteroatoms. The van der Waals surface area contributed by atoms with Gasteiger partial charge < -0.3 is 15.8 Å². The van der Waals surface area contributed by atoms with Crippen LogP contribution in [0.15, 0.2) is 12.1 Å². The number of nitrogens with zero attached hydrogens (tertiary/aromatic N) is 1. The molecule has 20 heavy (non-hydrogen) atoms. The Labute approximate surface area is 119 Å². The average molecular weight is 275 g/mol. The van der Waals surface area contributed by atoms with Crippen LogP contribution in [-0.4, -0.2) is 25.6 Å². The quantitative estimate of drug-likeness (QED) is 0.732. The summed E-state index contributed by atoms with van der Waals surface area (Å²) in [5, 5.41) is 11.0. The van der Waals surface area contributed by atoms with Gasteiger partial charge in [0.15, 0.2) is 6.61 Å². The number of hydrogen-bond donors (Lipinski definition) is 2. The molecule has 0 heterocycles. The Morgan fingerprint density at radius 1 is 1.40 bits per heavy atom. The molecule has 1 rings (SSSR count). The highest BCUT2D eigenvalue weighted by molar-refractivity contribution is 5.77. The van der Waals surface area contributed by atoms with Gasteiger partial charge in [-0.2, -0.15) is 5.26 Å². The zero-order valence-corrected chi connectivity index (χ0v) is 12.0. The number of nitriles is 1. The van der Waals surface area contributed by atoms with Crippen molar-refractivity contribution in [1.82, 2.24) is 5.32 Å². The number of aryl methyl sites for hydroxylation is 2. The van der Waals surface area contributed by atoms with Gasteiger partial charge >= 0.3 is 0 Å². The van der Waals surface area contributed by atoms with E-state index in [0.29, 0.717) is 19.5 Å². The molecular formula is C15H21N3O2. The molecule has 1 aromatic rings. The Hall–Kier alpha value is -2.06. The summed E-state index contributed by atoms with van der Waals surface area (Å²) in [7, 11) is 0. The standard InChI is InChI=1S/C15H21N3O2/c1-11-8-13(4-6-17)9-12(2)15(11)20-10-14(19)18-7-3-5-16/h8-9H,3-4,6-7,10,17H2,1-2H3,(H,18,19). The largest absolute Gasteiger partial charge is 0.483 e. The van der Waals surface area contributed by atoms with Gasteiger partial charge in [0.1, 0.15) is 5.75 Å². The fourth-order valence-electron chi connectivity index (χ4n) is 2.03. The van der Waals surface area contributed by atoms with Crippen LogP contribution in [0.5, 0.6) is 5.75 Å². The molecule has 3 N–H and O–H groups in total. The van der Waals surface area contributed by atoms with Gasteiger partial charge in [0, 0.05) is 6.54 Å². The van der Waals surface area contributed by atoms with Gasteiger partial charge in [-0.15, -0.1) is 0 Å². The molecule has 0 aliphatic rings. The molecule has 0 atom stereocenters. The number of benzene rings is 1. The molecule has 0 spiro atoms. The average Bonchev–Trinajstić information content (AvgIpc) is 2.38. The first-order valence-corrected chi connectivity index (χ1v) is 6.65. The van der Waals surface area contributed by atoms with E-state index in [2.05, 4.69) is 5.32 Å². The second kappa shape index (κ2) is 8.18. The van der Waals surface area contributed by atoms with Gasteiger partial charge in [0.05, 0.1) is 12.5 Å². The van der Waals surface area contributed by atoms with E-state index in [1.165, 1.54) is 5.56 Å². The number of nitrogens with one attached hydrogen (secondary N) is 1. The maximum Gasteiger partial charge on any atom is 0.257 e. The molecule has 0 fully saturated rings. The summed E-state index contributed by atoms with van der Waals surface area (Å²) in [6, 6.07) is 6.03. The third-order valence-electron chi connectivity index (χ3n) is 2.86. The lowest BCUT2D eigenvalue weighted by Gasteiger charge is -2.13. The summed E-state index contributed by atoms with van der Waals surface area (Å²) in [5.41, 5.74) is 8.72. The molecule has 0 unspecified atom stereocenters. The summed E-state index contributed by atoms with van der Waals surface area (Å²) >= 11 is 0. The Morgan fingerprint density at radius 2 is 2.05 bits per heavy atom. The topological polar surface area (TPSA) is 88.1 Å². The summed E-state index contributed by atoms with van der Waals surface area (Å²) < 4.78 is 5.57. The molecule has 0 aromatic heterocycles. The van der Waals surface area contributed by atoms with Crippen LogP contribution < -0.4 is 15.8 Å². The third-order valence-corrected chi connectivity index (χ3v) is 2.86. The summed E-state index contributed by atoms with van der Waals surface area (Å²) in [6.45, 7) is 4.84. The summed E-state index contributed by atoms with van der Waals surface area (Å²) in [6.07, 6.45) is 1.13. The van der Waals surface area contributed by atoms with Crippen molar-refractivity contribution in [2.75, 3.05) is 19.7 Å². The van der Waals surface area contributed by atoms with Crippen LogP contribution in [0.1, 0.15) is 23.1 Å². The lowest BCUT2D eigenvalue weighted by atomic mass is 10.0. The van der Waals surface area contributed by atoms with Crippen molar-refractivity contribution in [3.63, 3.8) is 0 Å². The fraction of sp³-hybridized carbons (Fsp3) is 0.467. The van der Waals surface area contributed by atoms with E-state index in [0.717, 1.165) is 23.3 Å². The molecule has 0 saturated carbocycles. The first-order valence-electron chi connectivity index (χ1n) is 6.65. The molecule has 5 nitrogen and oxygen atoms in total. The monoisotopic (exact) mass is 275 g/mol. The van der Waals surface area contributed by atoms with Crippen LogP contribution in [0.3, 0.4) is 0 Å². The van der Waals surface area contributed by atoms with Crippen LogP contribution >= 0.6 is 0 Å². The van der Waals surface area contributed by atoms with Crippen LogP contribution in [-0.2, 0) is 11.2 Å². The predicted molar refractivity (Wildman–Crippen MR) is 77.4 cm³/mol. The number of ether oxygens (including phenoxy) is 1. The minimum absolute atomic E-state index is 0.0383. The van der Waals surface area contributed by atoms with Crippen LogP contribution in [0, 0.1) is 25.2 Å². The first kappa shape index (κ1) is 16.0. The minimum Gasteiger partial charge on any atom is -0.483 e. The van der Waals surface area contributed by atoms with Crippen LogP contribution in [0.25, 0.3) is 0 Å². The number of rotatable bonds is 7. The number of nitrogens with two attached hydrogens (primary N) is 1. The highest BCUT2D eigenvalue weighted by Crippen LogP contribution is 2.24. The molecule has 1 aromatic carbocycles. The van der Waals surface area contributed by atoms with Crippen molar-refractivity contribution in [2.24, 2.45) is 5.73 Å². The second-order valence-electron chi connectivity index (χ2n) is 4.64. The minimum atomic E-state index is -0.218. The number of hydrogen-bond acceptors (Lipinski definition) is 4. The molecule has 0 aliphatic heterocycles. The zero-order valence-electron chi connectivity index (χ0n) is 12.0. The summed E-state index contributed by atoms with van der Waals surface area (Å²) in [5.74, 6) is 0.520. The van der Waals surface area contributed by atoms with Gasteiger partial charge in [0.2, 0.25) is 0 Å². The van der Waals surface area contributed by atoms with Crippen molar-refractivity contribution in [3.8, 4) is 11.8 Å². The Balaban J connectivity index is 2.60. The number of carbonyl (C=O) groups excluding carboxylic acids is 1. The van der Waals surface area contributed by atoms with Gasteiger partial charge in [-0.05, 0) is 43.5 Å². The van der Waals surface area contributed by atoms with Gasteiger partial charge in [-0.1, -0.05) is 12.1 Å². The molecule has 0 aliphatic carbocycles. The van der Waals surface area contributed by atoms with Crippen molar-refractivity contribution < 1.29 is 9.53 Å². The van der Waals surface area contributed by atoms with Crippen molar-refractivity contribution in [1.29, 1.82) is 5.26 Å². The Morgan fingerprint density at radius 3 is 2.60 bits per heavy atom. The molecule has 0 radical (unpaired) electrons. The lowest BCUT2D eigenvalue weighted by Crippen LogP contribution is -2.29. The van der Waals surface area contributed by atoms with Crippen molar-refractivity contribution in [2.45, 2.75) is 26.7 Å².